The molecule has 3 heterocycles. The lowest BCUT2D eigenvalue weighted by Crippen LogP contribution is -2.25. The van der Waals surface area contributed by atoms with Crippen LogP contribution in [0.3, 0.4) is 0 Å². The summed E-state index contributed by atoms with van der Waals surface area (Å²) in [4.78, 5) is 20.5. The van der Waals surface area contributed by atoms with Crippen molar-refractivity contribution in [2.75, 3.05) is 0 Å². The third kappa shape index (κ3) is 3.00. The number of carbonyl (C=O) groups is 1. The van der Waals surface area contributed by atoms with Gasteiger partial charge in [0.1, 0.15) is 6.33 Å². The van der Waals surface area contributed by atoms with E-state index in [4.69, 9.17) is 0 Å². The second-order valence-electron chi connectivity index (χ2n) is 7.07. The zero-order valence-corrected chi connectivity index (χ0v) is 15.3. The molecule has 1 aliphatic carbocycles. The molecule has 28 heavy (non-hydrogen) atoms. The molecule has 0 spiro atoms. The highest BCUT2D eigenvalue weighted by Crippen LogP contribution is 2.27. The summed E-state index contributed by atoms with van der Waals surface area (Å²) in [6.07, 6.45) is 8.99. The maximum atomic E-state index is 12.4. The third-order valence-electron chi connectivity index (χ3n) is 4.95. The van der Waals surface area contributed by atoms with Crippen LogP contribution < -0.4 is 5.32 Å². The fourth-order valence-corrected chi connectivity index (χ4v) is 3.24. The van der Waals surface area contributed by atoms with E-state index >= 15 is 0 Å². The van der Waals surface area contributed by atoms with Crippen LogP contribution in [-0.2, 0) is 0 Å². The molecule has 1 N–H and O–H groups in total. The van der Waals surface area contributed by atoms with Gasteiger partial charge >= 0.3 is 0 Å². The lowest BCUT2D eigenvalue weighted by atomic mass is 9.98. The van der Waals surface area contributed by atoms with Crippen molar-refractivity contribution in [2.24, 2.45) is 0 Å². The number of hydrogen-bond acceptors (Lipinski definition) is 5. The van der Waals surface area contributed by atoms with Crippen LogP contribution in [0.2, 0.25) is 0 Å². The summed E-state index contributed by atoms with van der Waals surface area (Å²) < 4.78 is 1.90. The molecule has 1 fully saturated rings. The Bertz CT molecular complexity index is 1180. The molecular weight excluding hydrogens is 352 g/mol. The quantitative estimate of drug-likeness (QED) is 0.597. The Labute approximate surface area is 161 Å². The zero-order valence-electron chi connectivity index (χ0n) is 15.3. The largest absolute Gasteiger partial charge is 0.349 e. The lowest BCUT2D eigenvalue weighted by Gasteiger charge is -2.10. The van der Waals surface area contributed by atoms with Crippen LogP contribution in [0.25, 0.3) is 28.2 Å². The molecule has 3 aromatic heterocycles. The molecule has 1 amide bonds. The Kier molecular flexibility index (Phi) is 3.86. The molecule has 5 rings (SSSR count). The van der Waals surface area contributed by atoms with Crippen molar-refractivity contribution in [3.05, 3.63) is 66.4 Å². The number of carbonyl (C=O) groups excluding carboxylic acids is 1. The number of rotatable bonds is 4. The number of nitrogens with zero attached hydrogens (tertiary/aromatic N) is 5. The van der Waals surface area contributed by atoms with Gasteiger partial charge in [-0.25, -0.2) is 9.97 Å². The van der Waals surface area contributed by atoms with E-state index in [2.05, 4.69) is 25.5 Å². The van der Waals surface area contributed by atoms with E-state index in [1.165, 1.54) is 6.33 Å². The predicted molar refractivity (Wildman–Crippen MR) is 105 cm³/mol. The van der Waals surface area contributed by atoms with E-state index in [0.29, 0.717) is 17.4 Å². The van der Waals surface area contributed by atoms with E-state index in [-0.39, 0.29) is 5.91 Å². The average Bonchev–Trinajstić information content (AvgIpc) is 3.44. The Morgan fingerprint density at radius 3 is 2.68 bits per heavy atom. The topological polar surface area (TPSA) is 85.1 Å². The molecule has 0 radical (unpaired) electrons. The molecule has 0 aliphatic heterocycles. The van der Waals surface area contributed by atoms with Crippen molar-refractivity contribution in [3.63, 3.8) is 0 Å². The van der Waals surface area contributed by atoms with Crippen LogP contribution in [0, 0.1) is 6.92 Å². The predicted octanol–water partition coefficient (Wildman–Crippen LogP) is 3.05. The maximum absolute atomic E-state index is 12.4. The first kappa shape index (κ1) is 16.6. The normalized spacial score (nSPS) is 13.6. The number of fused-ring (bicyclic) bond motifs is 1. The zero-order chi connectivity index (χ0) is 19.1. The average molecular weight is 370 g/mol. The summed E-state index contributed by atoms with van der Waals surface area (Å²) in [5.74, 6) is 0.676. The number of nitrogens with one attached hydrogen (secondary N) is 1. The Balaban J connectivity index is 1.53. The first-order valence-electron chi connectivity index (χ1n) is 9.21. The standard InChI is InChI=1S/C21H18N6O/c1-13-2-3-15(21(28)24-17-4-5-17)8-18(13)14-6-7-27-19(9-14)25-26-20(27)16-10-22-12-23-11-16/h2-3,6-12,17H,4-5H2,1H3,(H,24,28). The summed E-state index contributed by atoms with van der Waals surface area (Å²) in [6, 6.07) is 10.1. The molecule has 7 nitrogen and oxygen atoms in total. The molecule has 0 unspecified atom stereocenters. The van der Waals surface area contributed by atoms with Crippen LogP contribution >= 0.6 is 0 Å². The summed E-state index contributed by atoms with van der Waals surface area (Å²) in [5.41, 5.74) is 5.31. The van der Waals surface area contributed by atoms with Gasteiger partial charge in [-0.2, -0.15) is 0 Å². The number of pyridine rings is 1. The number of hydrogen-bond donors (Lipinski definition) is 1. The fourth-order valence-electron chi connectivity index (χ4n) is 3.24. The highest BCUT2D eigenvalue weighted by atomic mass is 16.1. The molecule has 1 aromatic carbocycles. The number of aryl methyl sites for hydroxylation is 1. The Hall–Kier alpha value is -3.61. The highest BCUT2D eigenvalue weighted by molar-refractivity contribution is 5.96. The number of aromatic nitrogens is 5. The molecule has 138 valence electrons. The molecule has 0 atom stereocenters. The smallest absolute Gasteiger partial charge is 0.251 e. The van der Waals surface area contributed by atoms with Gasteiger partial charge in [-0.05, 0) is 60.7 Å². The van der Waals surface area contributed by atoms with E-state index in [9.17, 15) is 4.79 Å². The molecule has 7 heteroatoms. The van der Waals surface area contributed by atoms with E-state index in [0.717, 1.165) is 40.7 Å². The molecule has 1 saturated carbocycles. The van der Waals surface area contributed by atoms with E-state index in [1.807, 2.05) is 47.9 Å². The second-order valence-corrected chi connectivity index (χ2v) is 7.07. The second kappa shape index (κ2) is 6.53. The minimum absolute atomic E-state index is 0.0151. The molecular formula is C21H18N6O. The Morgan fingerprint density at radius 2 is 1.89 bits per heavy atom. The van der Waals surface area contributed by atoms with Crippen LogP contribution in [0.15, 0.2) is 55.2 Å². The molecule has 0 bridgehead atoms. The Morgan fingerprint density at radius 1 is 1.07 bits per heavy atom. The van der Waals surface area contributed by atoms with E-state index < -0.39 is 0 Å². The van der Waals surface area contributed by atoms with Gasteiger partial charge in [-0.1, -0.05) is 6.07 Å². The van der Waals surface area contributed by atoms with Gasteiger partial charge in [0.25, 0.3) is 5.91 Å². The van der Waals surface area contributed by atoms with Crippen molar-refractivity contribution in [2.45, 2.75) is 25.8 Å². The van der Waals surface area contributed by atoms with E-state index in [1.54, 1.807) is 12.4 Å². The summed E-state index contributed by atoms with van der Waals surface area (Å²) in [7, 11) is 0. The van der Waals surface area contributed by atoms with Crippen LogP contribution in [0.1, 0.15) is 28.8 Å². The first-order valence-corrected chi connectivity index (χ1v) is 9.21. The third-order valence-corrected chi connectivity index (χ3v) is 4.95. The van der Waals surface area contributed by atoms with Crippen LogP contribution in [0.5, 0.6) is 0 Å². The molecule has 4 aromatic rings. The van der Waals surface area contributed by atoms with Crippen LogP contribution in [0.4, 0.5) is 0 Å². The SMILES string of the molecule is Cc1ccc(C(=O)NC2CC2)cc1-c1ccn2c(-c3cncnc3)nnc2c1. The lowest BCUT2D eigenvalue weighted by molar-refractivity contribution is 0.0951. The van der Waals surface area contributed by atoms with Gasteiger partial charge in [0, 0.05) is 30.2 Å². The van der Waals surface area contributed by atoms with Crippen LogP contribution in [-0.4, -0.2) is 36.5 Å². The van der Waals surface area contributed by atoms with Crippen molar-refractivity contribution >= 4 is 11.6 Å². The number of amides is 1. The summed E-state index contributed by atoms with van der Waals surface area (Å²) >= 11 is 0. The maximum Gasteiger partial charge on any atom is 0.251 e. The summed E-state index contributed by atoms with van der Waals surface area (Å²) in [5, 5.41) is 11.6. The monoisotopic (exact) mass is 370 g/mol. The number of benzene rings is 1. The van der Waals surface area contributed by atoms with Crippen molar-refractivity contribution in [3.8, 4) is 22.5 Å². The van der Waals surface area contributed by atoms with Gasteiger partial charge < -0.3 is 5.32 Å². The van der Waals surface area contributed by atoms with Gasteiger partial charge in [0.15, 0.2) is 11.5 Å². The summed E-state index contributed by atoms with van der Waals surface area (Å²) in [6.45, 7) is 2.04. The fraction of sp³-hybridized carbons (Fsp3) is 0.190. The van der Waals surface area contributed by atoms with Gasteiger partial charge in [-0.15, -0.1) is 10.2 Å². The minimum atomic E-state index is -0.0151. The van der Waals surface area contributed by atoms with Gasteiger partial charge in [-0.3, -0.25) is 9.20 Å². The molecule has 1 aliphatic rings. The van der Waals surface area contributed by atoms with Gasteiger partial charge in [0.05, 0.1) is 5.56 Å². The van der Waals surface area contributed by atoms with Crippen molar-refractivity contribution in [1.29, 1.82) is 0 Å². The van der Waals surface area contributed by atoms with Crippen molar-refractivity contribution in [1.82, 2.24) is 29.9 Å². The minimum Gasteiger partial charge on any atom is -0.349 e. The first-order chi connectivity index (χ1) is 13.7. The van der Waals surface area contributed by atoms with Crippen molar-refractivity contribution < 1.29 is 4.79 Å². The molecule has 0 saturated heterocycles. The highest BCUT2D eigenvalue weighted by Gasteiger charge is 2.24. The van der Waals surface area contributed by atoms with Gasteiger partial charge in [0.2, 0.25) is 0 Å².